The van der Waals surface area contributed by atoms with E-state index in [4.69, 9.17) is 10.00 Å². The van der Waals surface area contributed by atoms with Gasteiger partial charge in [0.1, 0.15) is 11.8 Å². The van der Waals surface area contributed by atoms with E-state index >= 15 is 0 Å². The molecule has 3 N–H and O–H groups in total. The molecule has 5 nitrogen and oxygen atoms in total. The Bertz CT molecular complexity index is 421. The van der Waals surface area contributed by atoms with Crippen LogP contribution in [0.5, 0.6) is 5.75 Å². The second-order valence-corrected chi connectivity index (χ2v) is 4.76. The number of ether oxygens (including phenoxy) is 1. The molecule has 19 heavy (non-hydrogen) atoms. The number of nitrogens with zero attached hydrogens (tertiary/aromatic N) is 1. The summed E-state index contributed by atoms with van der Waals surface area (Å²) >= 11 is 0. The van der Waals surface area contributed by atoms with Crippen molar-refractivity contribution in [2.75, 3.05) is 19.8 Å². The Morgan fingerprint density at radius 3 is 2.37 bits per heavy atom. The van der Waals surface area contributed by atoms with Crippen LogP contribution in [0.25, 0.3) is 0 Å². The maximum Gasteiger partial charge on any atom is 0.174 e. The number of nitrogens with one attached hydrogen (secondary N) is 1. The van der Waals surface area contributed by atoms with Gasteiger partial charge in [-0.15, -0.1) is 0 Å². The summed E-state index contributed by atoms with van der Waals surface area (Å²) in [6.45, 7) is 3.46. The van der Waals surface area contributed by atoms with E-state index in [2.05, 4.69) is 5.32 Å². The van der Waals surface area contributed by atoms with Crippen molar-refractivity contribution in [3.05, 3.63) is 29.8 Å². The van der Waals surface area contributed by atoms with Crippen molar-refractivity contribution in [2.45, 2.75) is 25.4 Å². The smallest absolute Gasteiger partial charge is 0.174 e. The number of benzene rings is 1. The molecule has 0 aromatic heterocycles. The molecule has 1 aromatic rings. The second-order valence-electron chi connectivity index (χ2n) is 4.76. The predicted molar refractivity (Wildman–Crippen MR) is 71.7 cm³/mol. The molecule has 1 unspecified atom stereocenters. The van der Waals surface area contributed by atoms with E-state index in [1.165, 1.54) is 0 Å². The third kappa shape index (κ3) is 4.52. The molecule has 0 spiro atoms. The molecule has 0 amide bonds. The van der Waals surface area contributed by atoms with Crippen molar-refractivity contribution in [1.82, 2.24) is 5.32 Å². The number of rotatable bonds is 7. The lowest BCUT2D eigenvalue weighted by molar-refractivity contribution is 0.0957. The number of aliphatic hydroxyl groups excluding tert-OH is 2. The molecule has 0 saturated heterocycles. The van der Waals surface area contributed by atoms with Gasteiger partial charge in [0.2, 0.25) is 0 Å². The molecule has 0 heterocycles. The van der Waals surface area contributed by atoms with E-state index in [0.29, 0.717) is 5.75 Å². The van der Waals surface area contributed by atoms with Crippen LogP contribution in [0.4, 0.5) is 0 Å². The maximum atomic E-state index is 9.25. The van der Waals surface area contributed by atoms with E-state index in [1.807, 2.05) is 25.1 Å². The lowest BCUT2D eigenvalue weighted by Gasteiger charge is -2.30. The Morgan fingerprint density at radius 2 is 1.89 bits per heavy atom. The van der Waals surface area contributed by atoms with Crippen LogP contribution in [0, 0.1) is 11.3 Å². The average molecular weight is 264 g/mol. The summed E-state index contributed by atoms with van der Waals surface area (Å²) in [5, 5.41) is 30.1. The fraction of sp³-hybridized carbons (Fsp3) is 0.500. The predicted octanol–water partition coefficient (Wildman–Crippen LogP) is 0.983. The van der Waals surface area contributed by atoms with Crippen LogP contribution in [0.2, 0.25) is 0 Å². The van der Waals surface area contributed by atoms with Gasteiger partial charge in [-0.1, -0.05) is 12.1 Å². The first-order valence-corrected chi connectivity index (χ1v) is 6.14. The molecule has 0 saturated carbocycles. The number of hydrogen-bond donors (Lipinski definition) is 3. The van der Waals surface area contributed by atoms with Crippen LogP contribution in [0.15, 0.2) is 24.3 Å². The highest BCUT2D eigenvalue weighted by Crippen LogP contribution is 2.19. The topological polar surface area (TPSA) is 85.5 Å². The number of nitriles is 1. The van der Waals surface area contributed by atoms with Crippen molar-refractivity contribution < 1.29 is 14.9 Å². The third-order valence-electron chi connectivity index (χ3n) is 2.95. The number of aliphatic hydroxyl groups is 2. The molecular formula is C14H20N2O3. The van der Waals surface area contributed by atoms with Gasteiger partial charge in [0.05, 0.1) is 18.8 Å². The van der Waals surface area contributed by atoms with E-state index < -0.39 is 5.54 Å². The zero-order chi connectivity index (χ0) is 14.3. The lowest BCUT2D eigenvalue weighted by atomic mass is 10.0. The fourth-order valence-corrected chi connectivity index (χ4v) is 1.72. The first-order valence-electron chi connectivity index (χ1n) is 6.14. The highest BCUT2D eigenvalue weighted by molar-refractivity contribution is 5.29. The summed E-state index contributed by atoms with van der Waals surface area (Å²) in [6, 6.07) is 9.25. The van der Waals surface area contributed by atoms with Crippen molar-refractivity contribution in [2.24, 2.45) is 0 Å². The van der Waals surface area contributed by atoms with E-state index in [1.54, 1.807) is 19.1 Å². The summed E-state index contributed by atoms with van der Waals surface area (Å²) in [5.41, 5.74) is 0.299. The Balaban J connectivity index is 2.67. The molecule has 0 aliphatic rings. The zero-order valence-electron chi connectivity index (χ0n) is 11.3. The van der Waals surface area contributed by atoms with Gasteiger partial charge in [0, 0.05) is 6.04 Å². The van der Waals surface area contributed by atoms with E-state index in [9.17, 15) is 10.2 Å². The Labute approximate surface area is 113 Å². The Hall–Kier alpha value is -1.61. The van der Waals surface area contributed by atoms with Gasteiger partial charge < -0.3 is 20.3 Å². The van der Waals surface area contributed by atoms with Gasteiger partial charge in [-0.25, -0.2) is 0 Å². The molecule has 5 heteroatoms. The molecule has 0 bridgehead atoms. The minimum atomic E-state index is -0.713. The molecule has 0 fully saturated rings. The zero-order valence-corrected chi connectivity index (χ0v) is 11.3. The van der Waals surface area contributed by atoms with Crippen LogP contribution < -0.4 is 10.1 Å². The molecule has 1 rings (SSSR count). The molecule has 1 atom stereocenters. The highest BCUT2D eigenvalue weighted by atomic mass is 16.5. The average Bonchev–Trinajstić information content (AvgIpc) is 2.45. The molecule has 1 aromatic carbocycles. The number of hydrogen-bond acceptors (Lipinski definition) is 5. The largest absolute Gasteiger partial charge is 0.479 e. The molecule has 0 aliphatic carbocycles. The van der Waals surface area contributed by atoms with E-state index in [-0.39, 0.29) is 25.9 Å². The first kappa shape index (κ1) is 15.4. The van der Waals surface area contributed by atoms with Crippen molar-refractivity contribution >= 4 is 0 Å². The normalized spacial score (nSPS) is 12.8. The quantitative estimate of drug-likeness (QED) is 0.683. The van der Waals surface area contributed by atoms with Gasteiger partial charge in [0.15, 0.2) is 6.61 Å². The second kappa shape index (κ2) is 7.10. The minimum absolute atomic E-state index is 0.0192. The summed E-state index contributed by atoms with van der Waals surface area (Å²) in [5.74, 6) is 0.643. The van der Waals surface area contributed by atoms with Crippen LogP contribution >= 0.6 is 0 Å². The monoisotopic (exact) mass is 264 g/mol. The van der Waals surface area contributed by atoms with E-state index in [0.717, 1.165) is 5.56 Å². The maximum absolute atomic E-state index is 9.25. The van der Waals surface area contributed by atoms with Crippen LogP contribution in [0.3, 0.4) is 0 Å². The summed E-state index contributed by atoms with van der Waals surface area (Å²) in [6.07, 6.45) is 0. The summed E-state index contributed by atoms with van der Waals surface area (Å²) < 4.78 is 5.17. The molecule has 0 aliphatic heterocycles. The highest BCUT2D eigenvalue weighted by Gasteiger charge is 2.24. The fourth-order valence-electron chi connectivity index (χ4n) is 1.72. The first-order chi connectivity index (χ1) is 9.04. The summed E-state index contributed by atoms with van der Waals surface area (Å²) in [4.78, 5) is 0. The standard InChI is InChI=1S/C14H20N2O3/c1-11(16-14(2,9-17)10-18)12-3-5-13(6-4-12)19-8-7-15/h3-6,11,16-18H,8-10H2,1-2H3. The summed E-state index contributed by atoms with van der Waals surface area (Å²) in [7, 11) is 0. The van der Waals surface area contributed by atoms with Gasteiger partial charge >= 0.3 is 0 Å². The Kier molecular flexibility index (Phi) is 5.77. The van der Waals surface area contributed by atoms with Crippen LogP contribution in [-0.4, -0.2) is 35.6 Å². The van der Waals surface area contributed by atoms with Crippen LogP contribution in [0.1, 0.15) is 25.5 Å². The SMILES string of the molecule is CC(NC(C)(CO)CO)c1ccc(OCC#N)cc1. The van der Waals surface area contributed by atoms with Gasteiger partial charge in [-0.2, -0.15) is 5.26 Å². The molecular weight excluding hydrogens is 244 g/mol. The van der Waals surface area contributed by atoms with Crippen molar-refractivity contribution in [3.8, 4) is 11.8 Å². The van der Waals surface area contributed by atoms with Crippen LogP contribution in [-0.2, 0) is 0 Å². The molecule has 104 valence electrons. The van der Waals surface area contributed by atoms with Gasteiger partial charge in [-0.3, -0.25) is 0 Å². The van der Waals surface area contributed by atoms with Gasteiger partial charge in [0.25, 0.3) is 0 Å². The lowest BCUT2D eigenvalue weighted by Crippen LogP contribution is -2.49. The Morgan fingerprint density at radius 1 is 1.32 bits per heavy atom. The van der Waals surface area contributed by atoms with Crippen molar-refractivity contribution in [1.29, 1.82) is 5.26 Å². The van der Waals surface area contributed by atoms with Gasteiger partial charge in [-0.05, 0) is 31.5 Å². The van der Waals surface area contributed by atoms with Crippen molar-refractivity contribution in [3.63, 3.8) is 0 Å². The minimum Gasteiger partial charge on any atom is -0.479 e. The molecule has 0 radical (unpaired) electrons. The third-order valence-corrected chi connectivity index (χ3v) is 2.95.